The van der Waals surface area contributed by atoms with Gasteiger partial charge in [0.2, 0.25) is 5.91 Å². The number of pyridine rings is 1. The van der Waals surface area contributed by atoms with E-state index in [9.17, 15) is 4.79 Å². The Labute approximate surface area is 159 Å². The van der Waals surface area contributed by atoms with Crippen molar-refractivity contribution in [1.29, 1.82) is 0 Å². The van der Waals surface area contributed by atoms with Crippen molar-refractivity contribution >= 4 is 11.7 Å². The lowest BCUT2D eigenvalue weighted by Gasteiger charge is -2.38. The van der Waals surface area contributed by atoms with Gasteiger partial charge in [-0.1, -0.05) is 30.3 Å². The number of nitrogens with two attached hydrogens (primary N) is 1. The van der Waals surface area contributed by atoms with Gasteiger partial charge in [-0.25, -0.2) is 4.98 Å². The Balaban J connectivity index is 1.39. The largest absolute Gasteiger partial charge is 0.493 e. The number of hydrogen-bond acceptors (Lipinski definition) is 5. The van der Waals surface area contributed by atoms with Crippen molar-refractivity contribution in [2.45, 2.75) is 18.9 Å². The van der Waals surface area contributed by atoms with Crippen LogP contribution in [-0.4, -0.2) is 48.6 Å². The molecule has 1 saturated carbocycles. The zero-order valence-electron chi connectivity index (χ0n) is 15.5. The summed E-state index contributed by atoms with van der Waals surface area (Å²) in [6.45, 7) is 3.93. The highest BCUT2D eigenvalue weighted by Gasteiger charge is 2.29. The molecular weight excluding hydrogens is 340 g/mol. The number of benzene rings is 1. The molecule has 2 heterocycles. The molecule has 1 aliphatic heterocycles. The summed E-state index contributed by atoms with van der Waals surface area (Å²) in [6.07, 6.45) is 4.37. The molecule has 2 N–H and O–H groups in total. The molecular formula is C21H26N4O2. The van der Waals surface area contributed by atoms with Crippen LogP contribution in [0.15, 0.2) is 48.7 Å². The highest BCUT2D eigenvalue weighted by molar-refractivity contribution is 5.81. The first-order chi connectivity index (χ1) is 13.2. The summed E-state index contributed by atoms with van der Waals surface area (Å²) in [5, 5.41) is 0. The number of piperazine rings is 1. The van der Waals surface area contributed by atoms with Gasteiger partial charge >= 0.3 is 0 Å². The molecule has 2 fully saturated rings. The first-order valence-corrected chi connectivity index (χ1v) is 9.63. The van der Waals surface area contributed by atoms with Crippen molar-refractivity contribution in [1.82, 2.24) is 9.88 Å². The van der Waals surface area contributed by atoms with E-state index in [2.05, 4.69) is 14.8 Å². The van der Waals surface area contributed by atoms with Gasteiger partial charge in [0.15, 0.2) is 0 Å². The molecule has 0 unspecified atom stereocenters. The Kier molecular flexibility index (Phi) is 5.25. The summed E-state index contributed by atoms with van der Waals surface area (Å²) in [5.74, 6) is 2.24. The van der Waals surface area contributed by atoms with Crippen LogP contribution >= 0.6 is 0 Å². The zero-order valence-corrected chi connectivity index (χ0v) is 15.5. The van der Waals surface area contributed by atoms with Gasteiger partial charge in [-0.05, 0) is 30.4 Å². The molecule has 0 spiro atoms. The fourth-order valence-corrected chi connectivity index (χ4v) is 3.56. The summed E-state index contributed by atoms with van der Waals surface area (Å²) in [7, 11) is 0. The monoisotopic (exact) mass is 366 g/mol. The molecule has 6 heteroatoms. The quantitative estimate of drug-likeness (QED) is 0.814. The zero-order chi connectivity index (χ0) is 18.6. The maximum Gasteiger partial charge on any atom is 0.239 e. The fraction of sp³-hybridized carbons (Fsp3) is 0.429. The predicted octanol–water partition coefficient (Wildman–Crippen LogP) is 2.22. The molecule has 1 aromatic carbocycles. The van der Waals surface area contributed by atoms with Crippen molar-refractivity contribution in [3.8, 4) is 5.75 Å². The highest BCUT2D eigenvalue weighted by Crippen LogP contribution is 2.30. The number of carbonyl (C=O) groups excluding carboxylic acids is 1. The van der Waals surface area contributed by atoms with Crippen molar-refractivity contribution in [2.75, 3.05) is 37.7 Å². The van der Waals surface area contributed by atoms with Crippen LogP contribution in [0.5, 0.6) is 5.75 Å². The minimum atomic E-state index is -0.380. The first kappa shape index (κ1) is 17.8. The summed E-state index contributed by atoms with van der Waals surface area (Å²) in [5.41, 5.74) is 6.66. The summed E-state index contributed by atoms with van der Waals surface area (Å²) in [6, 6.07) is 13.3. The molecule has 6 nitrogen and oxygen atoms in total. The Morgan fingerprint density at radius 3 is 2.56 bits per heavy atom. The van der Waals surface area contributed by atoms with E-state index in [1.807, 2.05) is 42.5 Å². The molecule has 2 aliphatic rings. The Morgan fingerprint density at radius 2 is 1.89 bits per heavy atom. The van der Waals surface area contributed by atoms with Gasteiger partial charge < -0.3 is 15.4 Å². The SMILES string of the molecule is NC(=O)[C@H](c1ccccc1)N1CCN(c2cc(OCC3CC3)ccn2)CC1. The van der Waals surface area contributed by atoms with Crippen LogP contribution in [0.1, 0.15) is 24.4 Å². The van der Waals surface area contributed by atoms with Crippen LogP contribution in [0.2, 0.25) is 0 Å². The lowest BCUT2D eigenvalue weighted by molar-refractivity contribution is -0.123. The van der Waals surface area contributed by atoms with E-state index in [1.54, 1.807) is 6.20 Å². The molecule has 0 radical (unpaired) electrons. The van der Waals surface area contributed by atoms with Crippen molar-refractivity contribution in [3.05, 3.63) is 54.2 Å². The van der Waals surface area contributed by atoms with Gasteiger partial charge in [0, 0.05) is 38.4 Å². The molecule has 1 saturated heterocycles. The minimum absolute atomic E-state index is 0.303. The molecule has 1 atom stereocenters. The molecule has 0 bridgehead atoms. The molecule has 2 aromatic rings. The van der Waals surface area contributed by atoms with Crippen molar-refractivity contribution in [3.63, 3.8) is 0 Å². The van der Waals surface area contributed by atoms with Crippen molar-refractivity contribution in [2.24, 2.45) is 11.7 Å². The third-order valence-electron chi connectivity index (χ3n) is 5.29. The highest BCUT2D eigenvalue weighted by atomic mass is 16.5. The number of hydrogen-bond donors (Lipinski definition) is 1. The van der Waals surface area contributed by atoms with Crippen LogP contribution in [0.4, 0.5) is 5.82 Å². The molecule has 1 aliphatic carbocycles. The standard InChI is InChI=1S/C21H26N4O2/c22-21(26)20(17-4-2-1-3-5-17)25-12-10-24(11-13-25)19-14-18(8-9-23-19)27-15-16-6-7-16/h1-5,8-9,14,16,20H,6-7,10-13,15H2,(H2,22,26)/t20-/m0/s1. The van der Waals surface area contributed by atoms with Gasteiger partial charge in [-0.15, -0.1) is 0 Å². The van der Waals surface area contributed by atoms with E-state index < -0.39 is 0 Å². The predicted molar refractivity (Wildman–Crippen MR) is 105 cm³/mol. The number of ether oxygens (including phenoxy) is 1. The second-order valence-corrected chi connectivity index (χ2v) is 7.34. The Hall–Kier alpha value is -2.60. The summed E-state index contributed by atoms with van der Waals surface area (Å²) in [4.78, 5) is 21.0. The van der Waals surface area contributed by atoms with E-state index in [0.717, 1.165) is 55.8 Å². The van der Waals surface area contributed by atoms with Crippen LogP contribution in [0.3, 0.4) is 0 Å². The number of nitrogens with zero attached hydrogens (tertiary/aromatic N) is 3. The summed E-state index contributed by atoms with van der Waals surface area (Å²) >= 11 is 0. The van der Waals surface area contributed by atoms with E-state index >= 15 is 0 Å². The number of amides is 1. The van der Waals surface area contributed by atoms with Crippen LogP contribution in [-0.2, 0) is 4.79 Å². The third kappa shape index (κ3) is 4.39. The number of anilines is 1. The van der Waals surface area contributed by atoms with Crippen molar-refractivity contribution < 1.29 is 9.53 Å². The van der Waals surface area contributed by atoms with Crippen LogP contribution in [0.25, 0.3) is 0 Å². The number of primary amides is 1. The number of aromatic nitrogens is 1. The molecule has 1 amide bonds. The van der Waals surface area contributed by atoms with Gasteiger partial charge in [-0.2, -0.15) is 0 Å². The maximum absolute atomic E-state index is 12.1. The smallest absolute Gasteiger partial charge is 0.239 e. The Bertz CT molecular complexity index is 771. The van der Waals surface area contributed by atoms with Gasteiger partial charge in [-0.3, -0.25) is 9.69 Å². The lowest BCUT2D eigenvalue weighted by Crippen LogP contribution is -2.50. The molecule has 142 valence electrons. The van der Waals surface area contributed by atoms with E-state index in [1.165, 1.54) is 12.8 Å². The molecule has 1 aromatic heterocycles. The van der Waals surface area contributed by atoms with Crippen LogP contribution < -0.4 is 15.4 Å². The topological polar surface area (TPSA) is 71.7 Å². The average Bonchev–Trinajstić information content (AvgIpc) is 3.52. The average molecular weight is 366 g/mol. The second kappa shape index (κ2) is 7.96. The number of carbonyl (C=O) groups is 1. The normalized spacial score (nSPS) is 18.9. The van der Waals surface area contributed by atoms with Gasteiger partial charge in [0.25, 0.3) is 0 Å². The second-order valence-electron chi connectivity index (χ2n) is 7.34. The third-order valence-corrected chi connectivity index (χ3v) is 5.29. The van der Waals surface area contributed by atoms with E-state index in [4.69, 9.17) is 10.5 Å². The van der Waals surface area contributed by atoms with Crippen LogP contribution in [0, 0.1) is 5.92 Å². The minimum Gasteiger partial charge on any atom is -0.493 e. The fourth-order valence-electron chi connectivity index (χ4n) is 3.56. The number of rotatable bonds is 7. The first-order valence-electron chi connectivity index (χ1n) is 9.63. The molecule has 27 heavy (non-hydrogen) atoms. The summed E-state index contributed by atoms with van der Waals surface area (Å²) < 4.78 is 5.87. The van der Waals surface area contributed by atoms with E-state index in [0.29, 0.717) is 0 Å². The van der Waals surface area contributed by atoms with E-state index in [-0.39, 0.29) is 11.9 Å². The van der Waals surface area contributed by atoms with Gasteiger partial charge in [0.05, 0.1) is 6.61 Å². The lowest BCUT2D eigenvalue weighted by atomic mass is 10.0. The van der Waals surface area contributed by atoms with Gasteiger partial charge in [0.1, 0.15) is 17.6 Å². The molecule has 4 rings (SSSR count). The Morgan fingerprint density at radius 1 is 1.15 bits per heavy atom. The maximum atomic E-state index is 12.1.